The zero-order valence-corrected chi connectivity index (χ0v) is 12.5. The minimum absolute atomic E-state index is 0.349. The maximum absolute atomic E-state index is 5.46. The zero-order valence-electron chi connectivity index (χ0n) is 12.5. The fourth-order valence-electron chi connectivity index (χ4n) is 2.25. The Labute approximate surface area is 120 Å². The minimum Gasteiger partial charge on any atom is -0.496 e. The molecule has 0 saturated carbocycles. The van der Waals surface area contributed by atoms with E-state index in [-0.39, 0.29) is 0 Å². The monoisotopic (exact) mass is 273 g/mol. The molecule has 1 aromatic carbocycles. The highest BCUT2D eigenvalue weighted by atomic mass is 16.5. The number of nitrogens with one attached hydrogen (secondary N) is 1. The van der Waals surface area contributed by atoms with Crippen LogP contribution < -0.4 is 10.1 Å². The van der Waals surface area contributed by atoms with E-state index < -0.39 is 0 Å². The summed E-state index contributed by atoms with van der Waals surface area (Å²) in [6.07, 6.45) is 6.72. The SMILES string of the molecule is CCCNC(C)c1ccc(OC)c(Cn2ccnc2)c1. The van der Waals surface area contributed by atoms with Crippen LogP contribution in [0.2, 0.25) is 0 Å². The molecule has 0 aliphatic carbocycles. The van der Waals surface area contributed by atoms with E-state index in [0.717, 1.165) is 25.3 Å². The fourth-order valence-corrected chi connectivity index (χ4v) is 2.25. The maximum atomic E-state index is 5.46. The Morgan fingerprint density at radius 1 is 1.40 bits per heavy atom. The first kappa shape index (κ1) is 14.6. The Morgan fingerprint density at radius 2 is 2.25 bits per heavy atom. The van der Waals surface area contributed by atoms with Crippen molar-refractivity contribution in [2.24, 2.45) is 0 Å². The Balaban J connectivity index is 2.19. The quantitative estimate of drug-likeness (QED) is 0.843. The zero-order chi connectivity index (χ0) is 14.4. The first-order chi connectivity index (χ1) is 9.74. The third kappa shape index (κ3) is 3.61. The van der Waals surface area contributed by atoms with Crippen LogP contribution in [0.15, 0.2) is 36.9 Å². The lowest BCUT2D eigenvalue weighted by Crippen LogP contribution is -2.19. The van der Waals surface area contributed by atoms with E-state index >= 15 is 0 Å². The van der Waals surface area contributed by atoms with Crippen molar-refractivity contribution in [2.75, 3.05) is 13.7 Å². The molecule has 20 heavy (non-hydrogen) atoms. The molecule has 0 bridgehead atoms. The van der Waals surface area contributed by atoms with Crippen LogP contribution >= 0.6 is 0 Å². The van der Waals surface area contributed by atoms with Crippen LogP contribution in [0.4, 0.5) is 0 Å². The lowest BCUT2D eigenvalue weighted by molar-refractivity contribution is 0.408. The van der Waals surface area contributed by atoms with Gasteiger partial charge < -0.3 is 14.6 Å². The van der Waals surface area contributed by atoms with Gasteiger partial charge in [-0.1, -0.05) is 13.0 Å². The van der Waals surface area contributed by atoms with Crippen molar-refractivity contribution in [3.8, 4) is 5.75 Å². The van der Waals surface area contributed by atoms with Crippen LogP contribution in [0.3, 0.4) is 0 Å². The summed E-state index contributed by atoms with van der Waals surface area (Å²) < 4.78 is 7.50. The average molecular weight is 273 g/mol. The van der Waals surface area contributed by atoms with Gasteiger partial charge in [-0.2, -0.15) is 0 Å². The van der Waals surface area contributed by atoms with Gasteiger partial charge in [0.05, 0.1) is 20.0 Å². The number of hydrogen-bond donors (Lipinski definition) is 1. The van der Waals surface area contributed by atoms with Gasteiger partial charge in [-0.15, -0.1) is 0 Å². The molecule has 4 nitrogen and oxygen atoms in total. The smallest absolute Gasteiger partial charge is 0.123 e. The molecule has 1 heterocycles. The normalized spacial score (nSPS) is 12.3. The summed E-state index contributed by atoms with van der Waals surface area (Å²) in [5.41, 5.74) is 2.46. The Hall–Kier alpha value is -1.81. The summed E-state index contributed by atoms with van der Waals surface area (Å²) in [5, 5.41) is 3.51. The van der Waals surface area contributed by atoms with Gasteiger partial charge in [0.25, 0.3) is 0 Å². The minimum atomic E-state index is 0.349. The molecule has 2 aromatic rings. The lowest BCUT2D eigenvalue weighted by Gasteiger charge is -2.17. The molecule has 0 fully saturated rings. The van der Waals surface area contributed by atoms with E-state index in [4.69, 9.17) is 4.74 Å². The van der Waals surface area contributed by atoms with Gasteiger partial charge in [0, 0.05) is 24.0 Å². The molecule has 1 atom stereocenters. The number of ether oxygens (including phenoxy) is 1. The third-order valence-corrected chi connectivity index (χ3v) is 3.42. The van der Waals surface area contributed by atoms with E-state index in [9.17, 15) is 0 Å². The van der Waals surface area contributed by atoms with Crippen molar-refractivity contribution < 1.29 is 4.74 Å². The van der Waals surface area contributed by atoms with Crippen LogP contribution in [0.1, 0.15) is 37.4 Å². The number of nitrogens with zero attached hydrogens (tertiary/aromatic N) is 2. The molecule has 2 rings (SSSR count). The Morgan fingerprint density at radius 3 is 2.90 bits per heavy atom. The number of imidazole rings is 1. The van der Waals surface area contributed by atoms with Crippen LogP contribution in [0.5, 0.6) is 5.75 Å². The second-order valence-corrected chi connectivity index (χ2v) is 4.98. The summed E-state index contributed by atoms with van der Waals surface area (Å²) in [6.45, 7) is 6.18. The first-order valence-electron chi connectivity index (χ1n) is 7.10. The number of rotatable bonds is 7. The van der Waals surface area contributed by atoms with Crippen molar-refractivity contribution in [2.45, 2.75) is 32.9 Å². The van der Waals surface area contributed by atoms with Gasteiger partial charge >= 0.3 is 0 Å². The van der Waals surface area contributed by atoms with Crippen LogP contribution in [0.25, 0.3) is 0 Å². The lowest BCUT2D eigenvalue weighted by atomic mass is 10.0. The molecule has 0 spiro atoms. The average Bonchev–Trinajstić information content (AvgIpc) is 2.97. The highest BCUT2D eigenvalue weighted by Crippen LogP contribution is 2.24. The predicted octanol–water partition coefficient (Wildman–Crippen LogP) is 3.00. The Bertz CT molecular complexity index is 523. The van der Waals surface area contributed by atoms with Crippen LogP contribution in [-0.2, 0) is 6.54 Å². The first-order valence-corrected chi connectivity index (χ1v) is 7.10. The Kier molecular flexibility index (Phi) is 5.18. The number of aromatic nitrogens is 2. The molecule has 0 aliphatic rings. The van der Waals surface area contributed by atoms with E-state index in [1.807, 2.05) is 23.2 Å². The van der Waals surface area contributed by atoms with Gasteiger partial charge in [-0.25, -0.2) is 4.98 Å². The summed E-state index contributed by atoms with van der Waals surface area (Å²) in [5.74, 6) is 0.921. The van der Waals surface area contributed by atoms with Gasteiger partial charge in [-0.05, 0) is 37.6 Å². The molecule has 1 aromatic heterocycles. The van der Waals surface area contributed by atoms with Crippen molar-refractivity contribution in [3.05, 3.63) is 48.0 Å². The second-order valence-electron chi connectivity index (χ2n) is 4.98. The summed E-state index contributed by atoms with van der Waals surface area (Å²) >= 11 is 0. The molecular formula is C16H23N3O. The van der Waals surface area contributed by atoms with E-state index in [2.05, 4.69) is 36.3 Å². The van der Waals surface area contributed by atoms with E-state index in [0.29, 0.717) is 6.04 Å². The predicted molar refractivity (Wildman–Crippen MR) is 81.0 cm³/mol. The van der Waals surface area contributed by atoms with Crippen molar-refractivity contribution >= 4 is 0 Å². The second kappa shape index (κ2) is 7.10. The van der Waals surface area contributed by atoms with Gasteiger partial charge in [0.15, 0.2) is 0 Å². The molecular weight excluding hydrogens is 250 g/mol. The molecule has 4 heteroatoms. The summed E-state index contributed by atoms with van der Waals surface area (Å²) in [7, 11) is 1.71. The third-order valence-electron chi connectivity index (χ3n) is 3.42. The molecule has 0 amide bonds. The maximum Gasteiger partial charge on any atom is 0.123 e. The number of hydrogen-bond acceptors (Lipinski definition) is 3. The van der Waals surface area contributed by atoms with Crippen molar-refractivity contribution in [1.29, 1.82) is 0 Å². The topological polar surface area (TPSA) is 39.1 Å². The highest BCUT2D eigenvalue weighted by molar-refractivity contribution is 5.38. The van der Waals surface area contributed by atoms with Gasteiger partial charge in [0.2, 0.25) is 0 Å². The molecule has 1 unspecified atom stereocenters. The van der Waals surface area contributed by atoms with E-state index in [1.54, 1.807) is 13.3 Å². The van der Waals surface area contributed by atoms with E-state index in [1.165, 1.54) is 11.1 Å². The van der Waals surface area contributed by atoms with Gasteiger partial charge in [0.1, 0.15) is 5.75 Å². The fraction of sp³-hybridized carbons (Fsp3) is 0.438. The molecule has 0 saturated heterocycles. The largest absolute Gasteiger partial charge is 0.496 e. The summed E-state index contributed by atoms with van der Waals surface area (Å²) in [4.78, 5) is 4.08. The van der Waals surface area contributed by atoms with Crippen molar-refractivity contribution in [1.82, 2.24) is 14.9 Å². The molecule has 1 N–H and O–H groups in total. The standard InChI is InChI=1S/C16H23N3O/c1-4-7-18-13(2)14-5-6-16(20-3)15(10-14)11-19-9-8-17-12-19/h5-6,8-10,12-13,18H,4,7,11H2,1-3H3. The van der Waals surface area contributed by atoms with Crippen LogP contribution in [-0.4, -0.2) is 23.2 Å². The highest BCUT2D eigenvalue weighted by Gasteiger charge is 2.09. The summed E-state index contributed by atoms with van der Waals surface area (Å²) in [6, 6.07) is 6.74. The van der Waals surface area contributed by atoms with Crippen molar-refractivity contribution in [3.63, 3.8) is 0 Å². The van der Waals surface area contributed by atoms with Gasteiger partial charge in [-0.3, -0.25) is 0 Å². The molecule has 0 aliphatic heterocycles. The molecule has 0 radical (unpaired) electrons. The number of methoxy groups -OCH3 is 1. The number of benzene rings is 1. The molecule has 108 valence electrons. The van der Waals surface area contributed by atoms with Crippen LogP contribution in [0, 0.1) is 0 Å².